The van der Waals surface area contributed by atoms with Crippen LogP contribution in [0.25, 0.3) is 0 Å². The first kappa shape index (κ1) is 14.5. The van der Waals surface area contributed by atoms with E-state index in [1.807, 2.05) is 6.92 Å². The lowest BCUT2D eigenvalue weighted by molar-refractivity contribution is -0.147. The Hall–Kier alpha value is -1.39. The van der Waals surface area contributed by atoms with Gasteiger partial charge in [0.2, 0.25) is 11.8 Å². The van der Waals surface area contributed by atoms with E-state index in [1.54, 1.807) is 0 Å². The Morgan fingerprint density at radius 2 is 1.57 bits per heavy atom. The van der Waals surface area contributed by atoms with Gasteiger partial charge in [-0.3, -0.25) is 19.8 Å². The van der Waals surface area contributed by atoms with E-state index >= 15 is 0 Å². The fraction of sp³-hybridized carbons (Fsp3) is 0.812. The van der Waals surface area contributed by atoms with Gasteiger partial charge in [-0.15, -0.1) is 0 Å². The van der Waals surface area contributed by atoms with Crippen molar-refractivity contribution in [2.45, 2.75) is 64.3 Å². The zero-order valence-electron chi connectivity index (χ0n) is 12.6. The third-order valence-corrected chi connectivity index (χ3v) is 5.60. The molecule has 0 radical (unpaired) electrons. The molecule has 0 aromatic carbocycles. The minimum atomic E-state index is -0.644. The lowest BCUT2D eigenvalue weighted by atomic mass is 9.86. The Balaban J connectivity index is 1.80. The van der Waals surface area contributed by atoms with Gasteiger partial charge < -0.3 is 0 Å². The van der Waals surface area contributed by atoms with Gasteiger partial charge in [0.05, 0.1) is 0 Å². The van der Waals surface area contributed by atoms with Crippen LogP contribution in [0, 0.1) is 17.8 Å². The molecule has 116 valence electrons. The average molecular weight is 292 g/mol. The van der Waals surface area contributed by atoms with Crippen LogP contribution < -0.4 is 5.32 Å². The van der Waals surface area contributed by atoms with Crippen LogP contribution in [0.1, 0.15) is 58.3 Å². The molecular formula is C16H24N2O3. The SMILES string of the molecule is CC(C1CCCC1)N1C(=O)NC(=O)C(C2CCCC2)C1=O. The molecule has 4 amide bonds. The largest absolute Gasteiger partial charge is 0.331 e. The molecule has 2 unspecified atom stereocenters. The smallest absolute Gasteiger partial charge is 0.277 e. The average Bonchev–Trinajstić information content (AvgIpc) is 3.11. The van der Waals surface area contributed by atoms with Gasteiger partial charge in [0, 0.05) is 6.04 Å². The molecule has 0 bridgehead atoms. The molecule has 0 aromatic heterocycles. The Bertz CT molecular complexity index is 450. The highest BCUT2D eigenvalue weighted by atomic mass is 16.2. The summed E-state index contributed by atoms with van der Waals surface area (Å²) in [7, 11) is 0. The third-order valence-electron chi connectivity index (χ3n) is 5.60. The molecule has 1 aliphatic heterocycles. The van der Waals surface area contributed by atoms with Crippen molar-refractivity contribution in [2.24, 2.45) is 17.8 Å². The van der Waals surface area contributed by atoms with Gasteiger partial charge in [0.1, 0.15) is 5.92 Å². The molecule has 0 aromatic rings. The Morgan fingerprint density at radius 1 is 1.00 bits per heavy atom. The second kappa shape index (κ2) is 5.78. The quantitative estimate of drug-likeness (QED) is 0.812. The molecule has 2 saturated carbocycles. The van der Waals surface area contributed by atoms with E-state index in [9.17, 15) is 14.4 Å². The van der Waals surface area contributed by atoms with Gasteiger partial charge in [0.25, 0.3) is 0 Å². The lowest BCUT2D eigenvalue weighted by Gasteiger charge is -2.38. The van der Waals surface area contributed by atoms with Crippen molar-refractivity contribution in [3.8, 4) is 0 Å². The first-order valence-electron chi connectivity index (χ1n) is 8.27. The molecule has 3 rings (SSSR count). The molecule has 5 nitrogen and oxygen atoms in total. The Morgan fingerprint density at radius 3 is 2.19 bits per heavy atom. The summed E-state index contributed by atoms with van der Waals surface area (Å²) in [4.78, 5) is 38.4. The van der Waals surface area contributed by atoms with E-state index in [4.69, 9.17) is 0 Å². The number of nitrogens with one attached hydrogen (secondary N) is 1. The standard InChI is InChI=1S/C16H24N2O3/c1-10(11-6-2-3-7-11)18-15(20)13(12-8-4-5-9-12)14(19)17-16(18)21/h10-13H,2-9H2,1H3,(H,17,19,21). The normalized spacial score (nSPS) is 30.0. The van der Waals surface area contributed by atoms with Gasteiger partial charge in [-0.25, -0.2) is 4.79 Å². The molecule has 3 aliphatic rings. The van der Waals surface area contributed by atoms with Crippen LogP contribution in [0.15, 0.2) is 0 Å². The van der Waals surface area contributed by atoms with E-state index in [-0.39, 0.29) is 23.8 Å². The number of amides is 4. The summed E-state index contributed by atoms with van der Waals surface area (Å²) in [6.45, 7) is 1.95. The topological polar surface area (TPSA) is 66.5 Å². The summed E-state index contributed by atoms with van der Waals surface area (Å²) >= 11 is 0. The van der Waals surface area contributed by atoms with Crippen molar-refractivity contribution in [2.75, 3.05) is 0 Å². The maximum atomic E-state index is 12.8. The predicted molar refractivity (Wildman–Crippen MR) is 77.3 cm³/mol. The van der Waals surface area contributed by atoms with E-state index in [0.29, 0.717) is 5.92 Å². The number of barbiturate groups is 1. The summed E-state index contributed by atoms with van der Waals surface area (Å²) in [5, 5.41) is 2.42. The molecule has 5 heteroatoms. The van der Waals surface area contributed by atoms with Crippen molar-refractivity contribution < 1.29 is 14.4 Å². The highest BCUT2D eigenvalue weighted by Gasteiger charge is 2.47. The maximum Gasteiger partial charge on any atom is 0.331 e. The number of carbonyl (C=O) groups is 3. The van der Waals surface area contributed by atoms with Crippen molar-refractivity contribution in [1.82, 2.24) is 10.2 Å². The van der Waals surface area contributed by atoms with E-state index in [1.165, 1.54) is 17.7 Å². The number of hydrogen-bond acceptors (Lipinski definition) is 3. The van der Waals surface area contributed by atoms with Gasteiger partial charge in [-0.2, -0.15) is 0 Å². The lowest BCUT2D eigenvalue weighted by Crippen LogP contribution is -2.62. The Kier molecular flexibility index (Phi) is 4.00. The minimum absolute atomic E-state index is 0.1000. The highest BCUT2D eigenvalue weighted by molar-refractivity contribution is 6.16. The van der Waals surface area contributed by atoms with Crippen LogP contribution in [0.2, 0.25) is 0 Å². The van der Waals surface area contributed by atoms with E-state index in [2.05, 4.69) is 5.32 Å². The summed E-state index contributed by atoms with van der Waals surface area (Å²) in [5.41, 5.74) is 0. The van der Waals surface area contributed by atoms with Crippen LogP contribution >= 0.6 is 0 Å². The summed E-state index contributed by atoms with van der Waals surface area (Å²) in [6.07, 6.45) is 8.48. The van der Waals surface area contributed by atoms with E-state index in [0.717, 1.165) is 38.5 Å². The Labute approximate surface area is 125 Å². The molecule has 1 heterocycles. The molecule has 0 spiro atoms. The fourth-order valence-corrected chi connectivity index (χ4v) is 4.35. The maximum absolute atomic E-state index is 12.8. The molecule has 1 saturated heterocycles. The predicted octanol–water partition coefficient (Wildman–Crippen LogP) is 2.45. The van der Waals surface area contributed by atoms with Crippen LogP contribution in [0.4, 0.5) is 4.79 Å². The minimum Gasteiger partial charge on any atom is -0.277 e. The van der Waals surface area contributed by atoms with Crippen molar-refractivity contribution >= 4 is 17.8 Å². The van der Waals surface area contributed by atoms with Gasteiger partial charge in [-0.1, -0.05) is 25.7 Å². The molecule has 2 atom stereocenters. The number of urea groups is 1. The summed E-state index contributed by atoms with van der Waals surface area (Å²) in [5.74, 6) is -0.781. The van der Waals surface area contributed by atoms with Crippen molar-refractivity contribution in [3.05, 3.63) is 0 Å². The monoisotopic (exact) mass is 292 g/mol. The molecule has 2 aliphatic carbocycles. The number of imide groups is 2. The van der Waals surface area contributed by atoms with Crippen LogP contribution in [0.5, 0.6) is 0 Å². The first-order chi connectivity index (χ1) is 10.1. The number of nitrogens with zero attached hydrogens (tertiary/aromatic N) is 1. The molecule has 21 heavy (non-hydrogen) atoms. The van der Waals surface area contributed by atoms with E-state index < -0.39 is 11.9 Å². The number of carbonyl (C=O) groups excluding carboxylic acids is 3. The van der Waals surface area contributed by atoms with Gasteiger partial charge in [0.15, 0.2) is 0 Å². The van der Waals surface area contributed by atoms with Gasteiger partial charge >= 0.3 is 6.03 Å². The van der Waals surface area contributed by atoms with Crippen LogP contribution in [-0.2, 0) is 9.59 Å². The fourth-order valence-electron chi connectivity index (χ4n) is 4.35. The number of rotatable bonds is 3. The molecular weight excluding hydrogens is 268 g/mol. The zero-order valence-corrected chi connectivity index (χ0v) is 12.6. The third kappa shape index (κ3) is 2.58. The van der Waals surface area contributed by atoms with Crippen LogP contribution in [-0.4, -0.2) is 28.8 Å². The van der Waals surface area contributed by atoms with Gasteiger partial charge in [-0.05, 0) is 44.4 Å². The highest BCUT2D eigenvalue weighted by Crippen LogP contribution is 2.36. The van der Waals surface area contributed by atoms with Crippen molar-refractivity contribution in [3.63, 3.8) is 0 Å². The summed E-state index contributed by atoms with van der Waals surface area (Å²) < 4.78 is 0. The van der Waals surface area contributed by atoms with Crippen LogP contribution in [0.3, 0.4) is 0 Å². The molecule has 1 N–H and O–H groups in total. The zero-order chi connectivity index (χ0) is 15.0. The first-order valence-corrected chi connectivity index (χ1v) is 8.27. The second-order valence-corrected chi connectivity index (χ2v) is 6.81. The molecule has 3 fully saturated rings. The summed E-state index contributed by atoms with van der Waals surface area (Å²) in [6, 6.07) is -0.615. The second-order valence-electron chi connectivity index (χ2n) is 6.81. The number of hydrogen-bond donors (Lipinski definition) is 1. The van der Waals surface area contributed by atoms with Crippen molar-refractivity contribution in [1.29, 1.82) is 0 Å².